The summed E-state index contributed by atoms with van der Waals surface area (Å²) < 4.78 is 5.72. The van der Waals surface area contributed by atoms with E-state index >= 15 is 0 Å². The van der Waals surface area contributed by atoms with Crippen LogP contribution in [0.25, 0.3) is 0 Å². The minimum atomic E-state index is -0.805. The number of carbonyl (C=O) groups is 2. The molecule has 3 aliphatic rings. The van der Waals surface area contributed by atoms with Crippen molar-refractivity contribution in [1.82, 2.24) is 0 Å². The van der Waals surface area contributed by atoms with Crippen LogP contribution in [0.4, 0.5) is 11.4 Å². The molecule has 2 amide bonds. The molecule has 0 spiro atoms. The predicted molar refractivity (Wildman–Crippen MR) is 75.0 cm³/mol. The molecule has 7 heteroatoms. The van der Waals surface area contributed by atoms with Gasteiger partial charge in [0.2, 0.25) is 11.8 Å². The first-order valence-corrected chi connectivity index (χ1v) is 6.92. The van der Waals surface area contributed by atoms with Crippen LogP contribution in [-0.4, -0.2) is 28.4 Å². The Morgan fingerprint density at radius 1 is 1.27 bits per heavy atom. The number of nitro groups is 1. The van der Waals surface area contributed by atoms with Crippen molar-refractivity contribution >= 4 is 23.2 Å². The first-order valence-electron chi connectivity index (χ1n) is 6.92. The maximum atomic E-state index is 12.7. The zero-order chi connectivity index (χ0) is 15.6. The normalized spacial score (nSPS) is 35.3. The SMILES string of the molecule is C[C@]12C=C[C@H](O1)[C@@H]1C(=O)N(c3ccccc3[N+](=O)[O-])C(=O)[C@@H]12. The molecule has 0 aliphatic carbocycles. The van der Waals surface area contributed by atoms with Crippen LogP contribution in [0.5, 0.6) is 0 Å². The van der Waals surface area contributed by atoms with E-state index in [0.717, 1.165) is 4.90 Å². The van der Waals surface area contributed by atoms with Gasteiger partial charge in [0.05, 0.1) is 28.5 Å². The summed E-state index contributed by atoms with van der Waals surface area (Å²) in [6.07, 6.45) is 3.15. The molecule has 3 aliphatic heterocycles. The van der Waals surface area contributed by atoms with E-state index in [4.69, 9.17) is 4.74 Å². The van der Waals surface area contributed by atoms with Crippen molar-refractivity contribution < 1.29 is 19.2 Å². The monoisotopic (exact) mass is 300 g/mol. The van der Waals surface area contributed by atoms with Crippen LogP contribution >= 0.6 is 0 Å². The molecule has 0 radical (unpaired) electrons. The maximum Gasteiger partial charge on any atom is 0.293 e. The van der Waals surface area contributed by atoms with Gasteiger partial charge in [-0.3, -0.25) is 19.7 Å². The molecule has 0 N–H and O–H groups in total. The second-order valence-corrected chi connectivity index (χ2v) is 5.89. The molecule has 4 atom stereocenters. The van der Waals surface area contributed by atoms with Crippen LogP contribution in [-0.2, 0) is 14.3 Å². The highest BCUT2D eigenvalue weighted by Gasteiger charge is 2.66. The highest BCUT2D eigenvalue weighted by Crippen LogP contribution is 2.52. The molecule has 2 saturated heterocycles. The Bertz CT molecular complexity index is 758. The smallest absolute Gasteiger partial charge is 0.293 e. The second-order valence-electron chi connectivity index (χ2n) is 5.89. The lowest BCUT2D eigenvalue weighted by Gasteiger charge is -2.23. The molecule has 3 heterocycles. The van der Waals surface area contributed by atoms with Gasteiger partial charge in [-0.1, -0.05) is 24.3 Å². The third-order valence-electron chi connectivity index (χ3n) is 4.65. The Labute approximate surface area is 125 Å². The Morgan fingerprint density at radius 2 is 2.00 bits per heavy atom. The number of hydrogen-bond donors (Lipinski definition) is 0. The van der Waals surface area contributed by atoms with Gasteiger partial charge in [-0.25, -0.2) is 4.90 Å². The zero-order valence-electron chi connectivity index (χ0n) is 11.6. The lowest BCUT2D eigenvalue weighted by molar-refractivity contribution is -0.384. The fourth-order valence-corrected chi connectivity index (χ4v) is 3.70. The first-order chi connectivity index (χ1) is 10.4. The number of para-hydroxylation sites is 2. The molecule has 0 aromatic heterocycles. The zero-order valence-corrected chi connectivity index (χ0v) is 11.6. The highest BCUT2D eigenvalue weighted by atomic mass is 16.6. The average molecular weight is 300 g/mol. The van der Waals surface area contributed by atoms with Gasteiger partial charge in [0, 0.05) is 6.07 Å². The number of nitro benzene ring substituents is 1. The fraction of sp³-hybridized carbons (Fsp3) is 0.333. The minimum Gasteiger partial charge on any atom is -0.362 e. The number of anilines is 1. The summed E-state index contributed by atoms with van der Waals surface area (Å²) in [5.41, 5.74) is -1.03. The number of hydrogen-bond acceptors (Lipinski definition) is 5. The number of benzene rings is 1. The van der Waals surface area contributed by atoms with E-state index in [1.807, 2.05) is 0 Å². The molecular weight excluding hydrogens is 288 g/mol. The lowest BCUT2D eigenvalue weighted by Crippen LogP contribution is -2.38. The third kappa shape index (κ3) is 1.43. The topological polar surface area (TPSA) is 89.8 Å². The molecule has 1 aromatic rings. The molecular formula is C15H12N2O5. The lowest BCUT2D eigenvalue weighted by atomic mass is 9.78. The third-order valence-corrected chi connectivity index (χ3v) is 4.65. The van der Waals surface area contributed by atoms with Crippen molar-refractivity contribution in [2.45, 2.75) is 18.6 Å². The van der Waals surface area contributed by atoms with E-state index < -0.39 is 40.3 Å². The predicted octanol–water partition coefficient (Wildman–Crippen LogP) is 1.43. The van der Waals surface area contributed by atoms with Crippen molar-refractivity contribution in [3.8, 4) is 0 Å². The van der Waals surface area contributed by atoms with Crippen LogP contribution < -0.4 is 4.90 Å². The Morgan fingerprint density at radius 3 is 2.68 bits per heavy atom. The number of imide groups is 1. The van der Waals surface area contributed by atoms with Crippen molar-refractivity contribution in [2.75, 3.05) is 4.90 Å². The van der Waals surface area contributed by atoms with Crippen molar-refractivity contribution in [1.29, 1.82) is 0 Å². The van der Waals surface area contributed by atoms with Gasteiger partial charge in [0.25, 0.3) is 5.69 Å². The summed E-state index contributed by atoms with van der Waals surface area (Å²) in [7, 11) is 0. The maximum absolute atomic E-state index is 12.7. The van der Waals surface area contributed by atoms with E-state index in [-0.39, 0.29) is 11.4 Å². The van der Waals surface area contributed by atoms with Gasteiger partial charge in [-0.15, -0.1) is 0 Å². The van der Waals surface area contributed by atoms with Crippen LogP contribution in [0.15, 0.2) is 36.4 Å². The first kappa shape index (κ1) is 13.1. The van der Waals surface area contributed by atoms with E-state index in [0.29, 0.717) is 0 Å². The highest BCUT2D eigenvalue weighted by molar-refractivity contribution is 6.24. The molecule has 7 nitrogen and oxygen atoms in total. The number of ether oxygens (including phenoxy) is 1. The van der Waals surface area contributed by atoms with Gasteiger partial charge >= 0.3 is 0 Å². The number of nitrogens with zero attached hydrogens (tertiary/aromatic N) is 2. The van der Waals surface area contributed by atoms with Gasteiger partial charge in [-0.05, 0) is 13.0 Å². The molecule has 0 saturated carbocycles. The molecule has 0 unspecified atom stereocenters. The molecule has 2 bridgehead atoms. The van der Waals surface area contributed by atoms with Gasteiger partial charge in [-0.2, -0.15) is 0 Å². The number of rotatable bonds is 2. The van der Waals surface area contributed by atoms with Crippen LogP contribution in [0, 0.1) is 22.0 Å². The van der Waals surface area contributed by atoms with E-state index in [1.54, 1.807) is 25.1 Å². The van der Waals surface area contributed by atoms with Crippen molar-refractivity contribution in [3.05, 3.63) is 46.5 Å². The standard InChI is InChI=1S/C15H12N2O5/c1-15-7-6-10(22-15)11-12(15)14(19)16(13(11)18)8-4-2-3-5-9(8)17(20)21/h2-7,10-12H,1H3/t10-,11-,12+,15+/m0/s1. The number of amides is 2. The molecule has 22 heavy (non-hydrogen) atoms. The number of carbonyl (C=O) groups excluding carboxylic acids is 2. The Balaban J connectivity index is 1.82. The summed E-state index contributed by atoms with van der Waals surface area (Å²) in [5, 5.41) is 11.2. The second kappa shape index (κ2) is 4.01. The van der Waals surface area contributed by atoms with Crippen LogP contribution in [0.2, 0.25) is 0 Å². The molecule has 1 aromatic carbocycles. The average Bonchev–Trinajstić information content (AvgIpc) is 3.08. The van der Waals surface area contributed by atoms with E-state index in [9.17, 15) is 19.7 Å². The van der Waals surface area contributed by atoms with Gasteiger partial charge in [0.15, 0.2) is 0 Å². The van der Waals surface area contributed by atoms with Crippen molar-refractivity contribution in [3.63, 3.8) is 0 Å². The van der Waals surface area contributed by atoms with Crippen LogP contribution in [0.1, 0.15) is 6.92 Å². The van der Waals surface area contributed by atoms with E-state index in [1.165, 1.54) is 18.2 Å². The minimum absolute atomic E-state index is 0.0277. The fourth-order valence-electron chi connectivity index (χ4n) is 3.70. The molecule has 2 fully saturated rings. The van der Waals surface area contributed by atoms with Crippen LogP contribution in [0.3, 0.4) is 0 Å². The van der Waals surface area contributed by atoms with Crippen molar-refractivity contribution in [2.24, 2.45) is 11.8 Å². The van der Waals surface area contributed by atoms with Gasteiger partial charge < -0.3 is 4.74 Å². The Hall–Kier alpha value is -2.54. The van der Waals surface area contributed by atoms with Gasteiger partial charge in [0.1, 0.15) is 5.69 Å². The summed E-state index contributed by atoms with van der Waals surface area (Å²) in [6, 6.07) is 5.79. The number of fused-ring (bicyclic) bond motifs is 5. The Kier molecular flexibility index (Phi) is 2.40. The molecule has 112 valence electrons. The van der Waals surface area contributed by atoms with E-state index in [2.05, 4.69) is 0 Å². The molecule has 4 rings (SSSR count). The largest absolute Gasteiger partial charge is 0.362 e. The summed E-state index contributed by atoms with van der Waals surface area (Å²) in [5.74, 6) is -2.07. The summed E-state index contributed by atoms with van der Waals surface area (Å²) in [6.45, 7) is 1.77. The quantitative estimate of drug-likeness (QED) is 0.357. The summed E-state index contributed by atoms with van der Waals surface area (Å²) >= 11 is 0. The summed E-state index contributed by atoms with van der Waals surface area (Å²) in [4.78, 5) is 36.9.